The van der Waals surface area contributed by atoms with Crippen molar-refractivity contribution in [2.45, 2.75) is 44.3 Å². The first-order valence-corrected chi connectivity index (χ1v) is 22.3. The summed E-state index contributed by atoms with van der Waals surface area (Å²) >= 11 is 3.44. The maximum Gasteiger partial charge on any atom is 0.328 e. The third-order valence-electron chi connectivity index (χ3n) is 12.1. The molecule has 0 amide bonds. The van der Waals surface area contributed by atoms with Crippen LogP contribution in [0.5, 0.6) is 0 Å². The smallest absolute Gasteiger partial charge is 0.328 e. The highest BCUT2D eigenvalue weighted by Gasteiger charge is 2.43. The van der Waals surface area contributed by atoms with Crippen LogP contribution in [0.4, 0.5) is 15.9 Å². The van der Waals surface area contributed by atoms with E-state index in [4.69, 9.17) is 21.0 Å². The Balaban J connectivity index is 0.000000182. The predicted octanol–water partition coefficient (Wildman–Crippen LogP) is 4.21. The van der Waals surface area contributed by atoms with Crippen LogP contribution >= 0.6 is 15.9 Å². The number of aromatic nitrogens is 4. The lowest BCUT2D eigenvalue weighted by atomic mass is 9.90. The monoisotopic (exact) mass is 939 g/mol. The Morgan fingerprint density at radius 1 is 0.828 bits per heavy atom. The molecule has 4 saturated heterocycles. The van der Waals surface area contributed by atoms with Crippen molar-refractivity contribution in [2.75, 3.05) is 83.5 Å². The van der Waals surface area contributed by atoms with Gasteiger partial charge in [0.15, 0.2) is 5.65 Å². The Kier molecular flexibility index (Phi) is 13.4. The Bertz CT molecular complexity index is 2500. The van der Waals surface area contributed by atoms with Crippen molar-refractivity contribution in [3.8, 4) is 11.3 Å². The van der Waals surface area contributed by atoms with Gasteiger partial charge in [-0.15, -0.1) is 0 Å². The topological polar surface area (TPSA) is 206 Å². The Labute approximate surface area is 377 Å². The van der Waals surface area contributed by atoms with Crippen LogP contribution in [0.2, 0.25) is 0 Å². The quantitative estimate of drug-likeness (QED) is 0.0945. The average Bonchev–Trinajstić information content (AvgIpc) is 4.14. The summed E-state index contributed by atoms with van der Waals surface area (Å²) in [6.45, 7) is 10.5. The van der Waals surface area contributed by atoms with Crippen molar-refractivity contribution >= 4 is 62.0 Å². The molecular weight excluding hydrogens is 889 g/mol. The van der Waals surface area contributed by atoms with Crippen molar-refractivity contribution in [2.24, 2.45) is 0 Å². The van der Waals surface area contributed by atoms with Gasteiger partial charge in [-0.05, 0) is 62.6 Å². The number of ketones is 2. The highest BCUT2D eigenvalue weighted by atomic mass is 79.9. The third kappa shape index (κ3) is 10.6. The highest BCUT2D eigenvalue weighted by molar-refractivity contribution is 9.10. The number of benzene rings is 2. The molecule has 6 heterocycles. The lowest BCUT2D eigenvalue weighted by Gasteiger charge is -2.41. The number of allylic oxidation sites excluding steroid dienone is 1. The first-order chi connectivity index (χ1) is 30.8. The molecule has 19 heteroatoms. The molecule has 4 aromatic rings. The lowest BCUT2D eigenvalue weighted by Crippen LogP contribution is -2.49. The van der Waals surface area contributed by atoms with Gasteiger partial charge in [-0.2, -0.15) is 5.10 Å². The molecular formula is C45H51BrFN11O6. The summed E-state index contributed by atoms with van der Waals surface area (Å²) in [4.78, 5) is 63.4. The molecule has 2 aromatic heterocycles. The van der Waals surface area contributed by atoms with Crippen LogP contribution in [0.15, 0.2) is 88.6 Å². The number of Topliss-reactive ketones (excluding diaryl/α,β-unsaturated/α-hetero) is 1. The number of nitrogens with one attached hydrogen (secondary N) is 1. The zero-order valence-corrected chi connectivity index (χ0v) is 37.1. The molecule has 5 N–H and O–H groups in total. The third-order valence-corrected chi connectivity index (χ3v) is 12.6. The molecule has 6 aliphatic rings. The van der Waals surface area contributed by atoms with Crippen LogP contribution in [0.1, 0.15) is 37.3 Å². The van der Waals surface area contributed by atoms with Gasteiger partial charge in [0.2, 0.25) is 11.6 Å². The van der Waals surface area contributed by atoms with Crippen molar-refractivity contribution in [3.63, 3.8) is 0 Å². The van der Waals surface area contributed by atoms with Gasteiger partial charge in [-0.3, -0.25) is 14.5 Å². The van der Waals surface area contributed by atoms with Crippen molar-refractivity contribution in [3.05, 3.63) is 100.0 Å². The van der Waals surface area contributed by atoms with Crippen molar-refractivity contribution in [1.29, 1.82) is 0 Å². The summed E-state index contributed by atoms with van der Waals surface area (Å²) in [6.07, 6.45) is 8.47. The van der Waals surface area contributed by atoms with E-state index in [1.165, 1.54) is 18.5 Å². The second kappa shape index (κ2) is 19.3. The number of nitrogen functional groups attached to an aromatic ring is 1. The number of likely N-dealkylation sites (N-methyl/N-ethyl adjacent to an activating group) is 1. The molecule has 17 nitrogen and oxygen atoms in total. The number of halogens is 2. The van der Waals surface area contributed by atoms with E-state index >= 15 is 4.39 Å². The summed E-state index contributed by atoms with van der Waals surface area (Å²) in [6, 6.07) is 14.0. The summed E-state index contributed by atoms with van der Waals surface area (Å²) in [5, 5.41) is 24.5. The minimum Gasteiger partial charge on any atom is -0.478 e. The fraction of sp³-hybridized carbons (Fsp3) is 0.400. The predicted molar refractivity (Wildman–Crippen MR) is 241 cm³/mol. The molecule has 2 aromatic carbocycles. The van der Waals surface area contributed by atoms with Crippen LogP contribution in [-0.4, -0.2) is 157 Å². The summed E-state index contributed by atoms with van der Waals surface area (Å²) < 4.78 is 18.3. The van der Waals surface area contributed by atoms with Crippen molar-refractivity contribution in [1.82, 2.24) is 44.2 Å². The van der Waals surface area contributed by atoms with Gasteiger partial charge in [-0.1, -0.05) is 34.1 Å². The molecule has 0 spiro atoms. The lowest BCUT2D eigenvalue weighted by molar-refractivity contribution is -0.134. The molecule has 64 heavy (non-hydrogen) atoms. The number of nitrogens with zero attached hydrogens (tertiary/aromatic N) is 9. The number of rotatable bonds is 11. The number of carboxylic acid groups (broad SMARTS) is 2. The van der Waals surface area contributed by atoms with E-state index < -0.39 is 11.9 Å². The zero-order valence-electron chi connectivity index (χ0n) is 35.5. The van der Waals surface area contributed by atoms with Gasteiger partial charge < -0.3 is 40.9 Å². The van der Waals surface area contributed by atoms with E-state index in [9.17, 15) is 19.2 Å². The van der Waals surface area contributed by atoms with Gasteiger partial charge in [0.25, 0.3) is 0 Å². The molecule has 0 atom stereocenters. The van der Waals surface area contributed by atoms with Crippen molar-refractivity contribution < 1.29 is 33.8 Å². The molecule has 10 rings (SSSR count). The molecule has 5 fully saturated rings. The number of aliphatic carboxylic acids is 2. The molecule has 4 aliphatic heterocycles. The number of hydrogen-bond acceptors (Lipinski definition) is 14. The number of anilines is 2. The van der Waals surface area contributed by atoms with Crippen LogP contribution in [0.3, 0.4) is 0 Å². The summed E-state index contributed by atoms with van der Waals surface area (Å²) in [7, 11) is 2.20. The second-order valence-electron chi connectivity index (χ2n) is 16.6. The second-order valence-corrected chi connectivity index (χ2v) is 17.5. The Morgan fingerprint density at radius 3 is 2.03 bits per heavy atom. The number of hydrogen-bond donors (Lipinski definition) is 4. The first-order valence-electron chi connectivity index (χ1n) is 21.5. The van der Waals surface area contributed by atoms with E-state index in [0.29, 0.717) is 70.0 Å². The fourth-order valence-electron chi connectivity index (χ4n) is 8.33. The van der Waals surface area contributed by atoms with Gasteiger partial charge >= 0.3 is 11.9 Å². The zero-order chi connectivity index (χ0) is 45.1. The first kappa shape index (κ1) is 44.4. The van der Waals surface area contributed by atoms with E-state index in [-0.39, 0.29) is 23.4 Å². The van der Waals surface area contributed by atoms with Gasteiger partial charge in [0.1, 0.15) is 35.1 Å². The number of carbonyl (C=O) groups is 4. The number of piperazine rings is 1. The van der Waals surface area contributed by atoms with E-state index in [1.54, 1.807) is 6.07 Å². The molecule has 0 radical (unpaired) electrons. The molecule has 2 aliphatic carbocycles. The minimum atomic E-state index is -1.26. The Hall–Kier alpha value is -6.18. The average molecular weight is 941 g/mol. The van der Waals surface area contributed by atoms with Gasteiger partial charge in [-0.25, -0.2) is 28.6 Å². The Morgan fingerprint density at radius 2 is 1.44 bits per heavy atom. The maximum atomic E-state index is 15.2. The minimum absolute atomic E-state index is 0.00546. The highest BCUT2D eigenvalue weighted by Crippen LogP contribution is 2.38. The van der Waals surface area contributed by atoms with Crippen LogP contribution in [-0.2, 0) is 25.7 Å². The summed E-state index contributed by atoms with van der Waals surface area (Å²) in [5.41, 5.74) is 11.7. The molecule has 0 bridgehead atoms. The van der Waals surface area contributed by atoms with Gasteiger partial charge in [0.05, 0.1) is 22.8 Å². The van der Waals surface area contributed by atoms with Gasteiger partial charge in [0, 0.05) is 106 Å². The maximum absolute atomic E-state index is 15.2. The normalized spacial score (nSPS) is 21.0. The SMILES string of the molecule is CN1CCN(C2CCC(n3nc(-c4ccc(NCc5ccc(Br)cc5)c(F)c4)c4c(N)ncnc43)CC2)CC1.O=C(O)/C=C\C(=O)O.O=C1C=C(N2CC2)C(=O)C(N2CC2)=C1N1CC1. The van der Waals surface area contributed by atoms with E-state index in [1.807, 2.05) is 49.7 Å². The van der Waals surface area contributed by atoms with E-state index in [2.05, 4.69) is 48.1 Å². The standard InChI is InChI=1S/C29H34BrFN8.C12H13N3O2.C4H4O4/c1-37-12-14-38(15-13-37)22-7-9-23(10-8-22)39-29-26(28(32)34-18-35-29)27(36-39)20-4-11-25(24(31)16-20)33-17-19-2-5-21(30)6-3-19;16-9-7-8(13-1-2-13)12(17)11(15-5-6-15)10(9)14-3-4-14;5-3(6)1-2-4(7)8/h2-6,11,16,18,22-23,33H,7-10,12-15,17H2,1H3,(H2,32,34,35);7H,1-6H2;1-2H,(H,5,6)(H,7,8)/b;;2-1-. The van der Waals surface area contributed by atoms with E-state index in [0.717, 1.165) is 107 Å². The molecule has 0 unspecified atom stereocenters. The molecule has 1 saturated carbocycles. The number of nitrogens with two attached hydrogens (primary N) is 1. The largest absolute Gasteiger partial charge is 0.478 e. The number of carboxylic acids is 2. The molecule has 336 valence electrons. The van der Waals surface area contributed by atoms with Crippen LogP contribution in [0, 0.1) is 5.82 Å². The number of carbonyl (C=O) groups excluding carboxylic acids is 2. The van der Waals surface area contributed by atoms with Crippen LogP contribution in [0.25, 0.3) is 22.3 Å². The fourth-order valence-corrected chi connectivity index (χ4v) is 8.59. The summed E-state index contributed by atoms with van der Waals surface area (Å²) in [5.74, 6) is -2.44. The van der Waals surface area contributed by atoms with Crippen LogP contribution < -0.4 is 11.1 Å². The number of fused-ring (bicyclic) bond motifs is 1.